The van der Waals surface area contributed by atoms with Crippen LogP contribution >= 0.6 is 0 Å². The Hall–Kier alpha value is -2.75. The Morgan fingerprint density at radius 3 is 2.53 bits per heavy atom. The monoisotopic (exact) mass is 471 g/mol. The second-order valence-electron chi connectivity index (χ2n) is 10.7. The van der Waals surface area contributed by atoms with Gasteiger partial charge in [-0.15, -0.1) is 0 Å². The van der Waals surface area contributed by atoms with E-state index < -0.39 is 64.7 Å². The van der Waals surface area contributed by atoms with Gasteiger partial charge in [0.25, 0.3) is 0 Å². The van der Waals surface area contributed by atoms with Gasteiger partial charge in [0.1, 0.15) is 17.4 Å². The zero-order valence-corrected chi connectivity index (χ0v) is 19.2. The molecule has 7 atom stereocenters. The largest absolute Gasteiger partial charge is 0.508 e. The number of ether oxygens (including phenoxy) is 1. The number of ketones is 2. The average Bonchev–Trinajstić information content (AvgIpc) is 2.75. The van der Waals surface area contributed by atoms with Crippen LogP contribution in [0.5, 0.6) is 5.75 Å². The Kier molecular flexibility index (Phi) is 4.83. The molecule has 1 amide bonds. The number of hydrogen-bond donors (Lipinski definition) is 5. The topological polar surface area (TPSA) is 167 Å². The Morgan fingerprint density at radius 2 is 1.88 bits per heavy atom. The van der Waals surface area contributed by atoms with Gasteiger partial charge in [-0.2, -0.15) is 0 Å². The number of aliphatic hydroxyl groups is 4. The second-order valence-corrected chi connectivity index (χ2v) is 10.7. The van der Waals surface area contributed by atoms with Crippen molar-refractivity contribution in [1.82, 2.24) is 0 Å². The Morgan fingerprint density at radius 1 is 1.21 bits per heavy atom. The van der Waals surface area contributed by atoms with Gasteiger partial charge >= 0.3 is 0 Å². The van der Waals surface area contributed by atoms with Gasteiger partial charge in [-0.05, 0) is 29.7 Å². The zero-order valence-electron chi connectivity index (χ0n) is 19.2. The smallest absolute Gasteiger partial charge is 0.230 e. The minimum absolute atomic E-state index is 0.250. The van der Waals surface area contributed by atoms with E-state index in [4.69, 9.17) is 10.5 Å². The maximum atomic E-state index is 13.9. The lowest BCUT2D eigenvalue weighted by molar-refractivity contribution is -0.179. The van der Waals surface area contributed by atoms with Crippen molar-refractivity contribution in [3.8, 4) is 5.75 Å². The van der Waals surface area contributed by atoms with Crippen LogP contribution < -0.4 is 10.5 Å². The van der Waals surface area contributed by atoms with Gasteiger partial charge in [0.05, 0.1) is 24.4 Å². The van der Waals surface area contributed by atoms with E-state index in [9.17, 15) is 34.8 Å². The van der Waals surface area contributed by atoms with E-state index in [2.05, 4.69) is 0 Å². The van der Waals surface area contributed by atoms with Crippen molar-refractivity contribution in [2.24, 2.45) is 23.5 Å². The fourth-order valence-electron chi connectivity index (χ4n) is 6.51. The molecule has 1 fully saturated rings. The lowest BCUT2D eigenvalue weighted by atomic mass is 9.54. The molecule has 9 nitrogen and oxygen atoms in total. The molecule has 1 saturated carbocycles. The van der Waals surface area contributed by atoms with Gasteiger partial charge in [0.2, 0.25) is 5.91 Å². The van der Waals surface area contributed by atoms with E-state index in [-0.39, 0.29) is 23.0 Å². The summed E-state index contributed by atoms with van der Waals surface area (Å²) in [6.45, 7) is 6.29. The molecule has 0 spiro atoms. The fourth-order valence-corrected chi connectivity index (χ4v) is 6.51. The lowest BCUT2D eigenvalue weighted by Crippen LogP contribution is -2.67. The summed E-state index contributed by atoms with van der Waals surface area (Å²) in [7, 11) is 0. The van der Waals surface area contributed by atoms with Crippen LogP contribution in [0.3, 0.4) is 0 Å². The number of Topliss-reactive ketones (excluding diaryl/α,β-unsaturated/α-hetero) is 2. The number of fused-ring (bicyclic) bond motifs is 5. The quantitative estimate of drug-likeness (QED) is 0.372. The van der Waals surface area contributed by atoms with Crippen LogP contribution in [0.1, 0.15) is 61.0 Å². The summed E-state index contributed by atoms with van der Waals surface area (Å²) in [5.41, 5.74) is 3.78. The molecule has 9 heteroatoms. The number of carbonyl (C=O) groups excluding carboxylic acids is 3. The van der Waals surface area contributed by atoms with Crippen molar-refractivity contribution in [3.05, 3.63) is 40.2 Å². The number of nitrogens with two attached hydrogens (primary N) is 1. The minimum atomic E-state index is -2.72. The van der Waals surface area contributed by atoms with Gasteiger partial charge < -0.3 is 30.9 Å². The molecule has 6 N–H and O–H groups in total. The van der Waals surface area contributed by atoms with Crippen molar-refractivity contribution in [2.75, 3.05) is 6.61 Å². The summed E-state index contributed by atoms with van der Waals surface area (Å²) in [5, 5.41) is 44.4. The molecule has 3 aliphatic carbocycles. The van der Waals surface area contributed by atoms with Crippen molar-refractivity contribution in [3.63, 3.8) is 0 Å². The Labute approximate surface area is 196 Å². The summed E-state index contributed by atoms with van der Waals surface area (Å²) >= 11 is 0. The number of benzene rings is 1. The summed E-state index contributed by atoms with van der Waals surface area (Å²) in [4.78, 5) is 38.9. The molecule has 182 valence electrons. The number of primary amides is 1. The Bertz CT molecular complexity index is 1170. The third-order valence-electron chi connectivity index (χ3n) is 8.50. The molecule has 0 aromatic heterocycles. The molecule has 0 saturated heterocycles. The molecule has 1 heterocycles. The Balaban J connectivity index is 1.74. The third-order valence-corrected chi connectivity index (χ3v) is 8.50. The lowest BCUT2D eigenvalue weighted by Gasteiger charge is -2.52. The van der Waals surface area contributed by atoms with Crippen LogP contribution in [-0.4, -0.2) is 62.3 Å². The second kappa shape index (κ2) is 7.13. The van der Waals surface area contributed by atoms with E-state index >= 15 is 0 Å². The molecule has 0 radical (unpaired) electrons. The highest BCUT2D eigenvalue weighted by Crippen LogP contribution is 2.56. The number of rotatable bonds is 1. The highest BCUT2D eigenvalue weighted by Gasteiger charge is 2.66. The summed E-state index contributed by atoms with van der Waals surface area (Å²) in [6, 6.07) is 3.75. The van der Waals surface area contributed by atoms with Gasteiger partial charge in [-0.3, -0.25) is 14.4 Å². The SMILES string of the molecule is C[C@H]1c2ccc3c(c2C(=O)C2=C(O)[C@]4(O)C(=O)C(C(N)=O)C(O)C[C@@H]4[C@@H](O)[C@@H]21)OCCC3(C)C. The van der Waals surface area contributed by atoms with Gasteiger partial charge in [-0.1, -0.05) is 32.9 Å². The van der Waals surface area contributed by atoms with Crippen molar-refractivity contribution in [1.29, 1.82) is 0 Å². The molecule has 2 unspecified atom stereocenters. The zero-order chi connectivity index (χ0) is 24.9. The van der Waals surface area contributed by atoms with E-state index in [1.807, 2.05) is 26.0 Å². The molecule has 4 aliphatic rings. The average molecular weight is 472 g/mol. The van der Waals surface area contributed by atoms with Crippen LogP contribution in [0.2, 0.25) is 0 Å². The van der Waals surface area contributed by atoms with Crippen molar-refractivity contribution < 1.29 is 39.5 Å². The van der Waals surface area contributed by atoms with Crippen molar-refractivity contribution >= 4 is 17.5 Å². The van der Waals surface area contributed by atoms with E-state index in [0.717, 1.165) is 12.0 Å². The normalized spacial score (nSPS) is 38.3. The maximum absolute atomic E-state index is 13.9. The first kappa shape index (κ1) is 23.0. The molecular formula is C25H29NO8. The van der Waals surface area contributed by atoms with Crippen LogP contribution in [0.15, 0.2) is 23.5 Å². The molecule has 34 heavy (non-hydrogen) atoms. The highest BCUT2D eigenvalue weighted by atomic mass is 16.5. The first-order valence-electron chi connectivity index (χ1n) is 11.5. The van der Waals surface area contributed by atoms with E-state index in [1.54, 1.807) is 6.92 Å². The predicted octanol–water partition coefficient (Wildman–Crippen LogP) is 0.632. The minimum Gasteiger partial charge on any atom is -0.508 e. The molecule has 1 aromatic carbocycles. The van der Waals surface area contributed by atoms with Crippen LogP contribution in [0.4, 0.5) is 0 Å². The van der Waals surface area contributed by atoms with Gasteiger partial charge in [-0.25, -0.2) is 0 Å². The number of amides is 1. The van der Waals surface area contributed by atoms with E-state index in [0.29, 0.717) is 17.9 Å². The fraction of sp³-hybridized carbons (Fsp3) is 0.560. The standard InChI is InChI=1S/C25H29NO8/c1-9-10-4-5-11-20(34-7-6-24(11,2)3)15(10)19(29)17-14(9)18(28)12-8-13(27)16(23(26)32)21(30)25(12,33)22(17)31/h4-5,9,12-14,16,18,27-28,31,33H,6-8H2,1-3H3,(H2,26,32)/t9-,12+,13?,14+,16?,18+,25+/m0/s1. The van der Waals surface area contributed by atoms with Gasteiger partial charge in [0, 0.05) is 23.0 Å². The molecular weight excluding hydrogens is 442 g/mol. The van der Waals surface area contributed by atoms with Crippen LogP contribution in [0.25, 0.3) is 0 Å². The summed E-state index contributed by atoms with van der Waals surface area (Å²) < 4.78 is 5.92. The van der Waals surface area contributed by atoms with Crippen molar-refractivity contribution in [2.45, 2.75) is 62.8 Å². The van der Waals surface area contributed by atoms with Gasteiger partial charge in [0.15, 0.2) is 17.2 Å². The van der Waals surface area contributed by atoms with Crippen LogP contribution in [0, 0.1) is 17.8 Å². The molecule has 1 aliphatic heterocycles. The number of aliphatic hydroxyl groups excluding tert-OH is 3. The first-order valence-corrected chi connectivity index (χ1v) is 11.5. The highest BCUT2D eigenvalue weighted by molar-refractivity contribution is 6.16. The summed E-state index contributed by atoms with van der Waals surface area (Å²) in [5.74, 6) is -7.96. The number of carbonyl (C=O) groups is 3. The maximum Gasteiger partial charge on any atom is 0.230 e. The predicted molar refractivity (Wildman–Crippen MR) is 118 cm³/mol. The molecule has 5 rings (SSSR count). The van der Waals surface area contributed by atoms with E-state index in [1.165, 1.54) is 0 Å². The molecule has 1 aromatic rings. The molecule has 0 bridgehead atoms. The summed E-state index contributed by atoms with van der Waals surface area (Å²) in [6.07, 6.45) is -2.56. The number of hydrogen-bond acceptors (Lipinski definition) is 8. The third kappa shape index (κ3) is 2.68. The first-order chi connectivity index (χ1) is 15.8. The van der Waals surface area contributed by atoms with Crippen LogP contribution in [-0.2, 0) is 15.0 Å².